The molecule has 0 saturated heterocycles. The van der Waals surface area contributed by atoms with Crippen molar-refractivity contribution in [3.05, 3.63) is 0 Å². The van der Waals surface area contributed by atoms with Gasteiger partial charge in [0.05, 0.1) is 18.8 Å². The number of carbonyl (C=O) groups is 2. The van der Waals surface area contributed by atoms with Crippen molar-refractivity contribution in [1.82, 2.24) is 5.32 Å². The number of nitrogens with one attached hydrogen (secondary N) is 1. The molecule has 0 aliphatic carbocycles. The topological polar surface area (TPSA) is 75.6 Å². The lowest BCUT2D eigenvalue weighted by Gasteiger charge is -2.22. The minimum absolute atomic E-state index is 0.0202. The highest BCUT2D eigenvalue weighted by Crippen LogP contribution is 2.11. The first-order valence-corrected chi connectivity index (χ1v) is 9.02. The van der Waals surface area contributed by atoms with E-state index in [0.29, 0.717) is 5.75 Å². The summed E-state index contributed by atoms with van der Waals surface area (Å²) in [6.45, 7) is 9.57. The van der Waals surface area contributed by atoms with Crippen molar-refractivity contribution in [3.63, 3.8) is 0 Å². The molecule has 0 spiro atoms. The maximum Gasteiger partial charge on any atom is 0.155 e. The van der Waals surface area contributed by atoms with Crippen molar-refractivity contribution in [1.29, 1.82) is 0 Å². The van der Waals surface area contributed by atoms with Crippen LogP contribution in [-0.4, -0.2) is 59.6 Å². The lowest BCUT2D eigenvalue weighted by atomic mass is 9.99. The van der Waals surface area contributed by atoms with Crippen LogP contribution in [0.5, 0.6) is 0 Å². The molecule has 6 heteroatoms. The van der Waals surface area contributed by atoms with Crippen LogP contribution in [0.1, 0.15) is 41.0 Å². The van der Waals surface area contributed by atoms with Gasteiger partial charge >= 0.3 is 0 Å². The standard InChI is InChI=1S/C16H31NO4S/c1-11(2)16(20)15(17-12(3)4)6-7-22-10-14(19)9-21-8-13(5)18/h11-12,14-15,17,19H,6-10H2,1-5H3/t14?,15-/m0/s1. The first-order valence-electron chi connectivity index (χ1n) is 7.86. The molecule has 0 radical (unpaired) electrons. The minimum Gasteiger partial charge on any atom is -0.390 e. The van der Waals surface area contributed by atoms with Crippen LogP contribution >= 0.6 is 11.8 Å². The normalized spacial score (nSPS) is 14.4. The molecule has 0 saturated carbocycles. The van der Waals surface area contributed by atoms with E-state index in [1.54, 1.807) is 11.8 Å². The van der Waals surface area contributed by atoms with Gasteiger partial charge in [-0.05, 0) is 19.1 Å². The fourth-order valence-corrected chi connectivity index (χ4v) is 2.86. The fourth-order valence-electron chi connectivity index (χ4n) is 1.92. The summed E-state index contributed by atoms with van der Waals surface area (Å²) in [5, 5.41) is 13.0. The first kappa shape index (κ1) is 21.6. The number of hydrogen-bond donors (Lipinski definition) is 2. The number of aliphatic hydroxyl groups excluding tert-OH is 1. The Hall–Kier alpha value is -0.430. The van der Waals surface area contributed by atoms with Gasteiger partial charge in [0.2, 0.25) is 0 Å². The number of Topliss-reactive ketones (excluding diaryl/α,β-unsaturated/α-hetero) is 2. The molecule has 2 atom stereocenters. The Labute approximate surface area is 138 Å². The summed E-state index contributed by atoms with van der Waals surface area (Å²) in [5.74, 6) is 1.55. The van der Waals surface area contributed by atoms with E-state index >= 15 is 0 Å². The second kappa shape index (κ2) is 12.0. The van der Waals surface area contributed by atoms with Gasteiger partial charge in [-0.25, -0.2) is 0 Å². The highest BCUT2D eigenvalue weighted by atomic mass is 32.2. The van der Waals surface area contributed by atoms with Crippen LogP contribution in [0.2, 0.25) is 0 Å². The molecule has 5 nitrogen and oxygen atoms in total. The average molecular weight is 333 g/mol. The van der Waals surface area contributed by atoms with Crippen LogP contribution in [-0.2, 0) is 14.3 Å². The number of hydrogen-bond acceptors (Lipinski definition) is 6. The van der Waals surface area contributed by atoms with Gasteiger partial charge < -0.3 is 15.2 Å². The predicted molar refractivity (Wildman–Crippen MR) is 91.4 cm³/mol. The summed E-state index contributed by atoms with van der Waals surface area (Å²) >= 11 is 1.60. The highest BCUT2D eigenvalue weighted by Gasteiger charge is 2.21. The van der Waals surface area contributed by atoms with E-state index in [4.69, 9.17) is 4.74 Å². The molecule has 0 fully saturated rings. The van der Waals surface area contributed by atoms with Gasteiger partial charge in [-0.15, -0.1) is 0 Å². The fraction of sp³-hybridized carbons (Fsp3) is 0.875. The molecule has 0 amide bonds. The van der Waals surface area contributed by atoms with Crippen molar-refractivity contribution < 1.29 is 19.4 Å². The Bertz CT molecular complexity index is 334. The van der Waals surface area contributed by atoms with Crippen LogP contribution in [0.15, 0.2) is 0 Å². The van der Waals surface area contributed by atoms with E-state index in [1.165, 1.54) is 6.92 Å². The molecule has 0 aromatic heterocycles. The van der Waals surface area contributed by atoms with Gasteiger partial charge in [-0.2, -0.15) is 11.8 Å². The number of ether oxygens (including phenoxy) is 1. The zero-order valence-corrected chi connectivity index (χ0v) is 15.2. The monoisotopic (exact) mass is 333 g/mol. The quantitative estimate of drug-likeness (QED) is 0.499. The zero-order chi connectivity index (χ0) is 17.1. The van der Waals surface area contributed by atoms with Crippen LogP contribution in [0.25, 0.3) is 0 Å². The van der Waals surface area contributed by atoms with Crippen LogP contribution < -0.4 is 5.32 Å². The van der Waals surface area contributed by atoms with Gasteiger partial charge in [0, 0.05) is 17.7 Å². The molecule has 0 aliphatic heterocycles. The number of thioether (sulfide) groups is 1. The van der Waals surface area contributed by atoms with Crippen LogP contribution in [0, 0.1) is 5.92 Å². The van der Waals surface area contributed by atoms with Gasteiger partial charge in [0.1, 0.15) is 6.61 Å². The summed E-state index contributed by atoms with van der Waals surface area (Å²) in [7, 11) is 0. The van der Waals surface area contributed by atoms with E-state index in [9.17, 15) is 14.7 Å². The molecule has 0 bridgehead atoms. The zero-order valence-electron chi connectivity index (χ0n) is 14.4. The van der Waals surface area contributed by atoms with E-state index in [-0.39, 0.29) is 42.8 Å². The van der Waals surface area contributed by atoms with E-state index < -0.39 is 6.10 Å². The Balaban J connectivity index is 3.97. The Morgan fingerprint density at radius 2 is 1.86 bits per heavy atom. The lowest BCUT2D eigenvalue weighted by Crippen LogP contribution is -2.43. The second-order valence-corrected chi connectivity index (χ2v) is 7.32. The molecule has 0 aliphatic rings. The second-order valence-electron chi connectivity index (χ2n) is 6.17. The molecule has 2 N–H and O–H groups in total. The largest absolute Gasteiger partial charge is 0.390 e. The SMILES string of the molecule is CC(=O)COCC(O)CSCC[C@H](NC(C)C)C(=O)C(C)C. The van der Waals surface area contributed by atoms with Gasteiger partial charge in [0.25, 0.3) is 0 Å². The van der Waals surface area contributed by atoms with Crippen LogP contribution in [0.4, 0.5) is 0 Å². The van der Waals surface area contributed by atoms with Gasteiger partial charge in [0.15, 0.2) is 11.6 Å². The molecule has 0 aromatic rings. The summed E-state index contributed by atoms with van der Waals surface area (Å²) in [5.41, 5.74) is 0. The van der Waals surface area contributed by atoms with Gasteiger partial charge in [-0.1, -0.05) is 27.7 Å². The third kappa shape index (κ3) is 11.2. The maximum atomic E-state index is 12.1. The Kier molecular flexibility index (Phi) is 11.8. The Morgan fingerprint density at radius 1 is 1.23 bits per heavy atom. The third-order valence-electron chi connectivity index (χ3n) is 2.92. The van der Waals surface area contributed by atoms with E-state index in [1.807, 2.05) is 27.7 Å². The van der Waals surface area contributed by atoms with E-state index in [2.05, 4.69) is 5.32 Å². The molecular weight excluding hydrogens is 302 g/mol. The average Bonchev–Trinajstić information content (AvgIpc) is 2.40. The molecule has 130 valence electrons. The number of rotatable bonds is 13. The number of carbonyl (C=O) groups excluding carboxylic acids is 2. The smallest absolute Gasteiger partial charge is 0.155 e. The van der Waals surface area contributed by atoms with Crippen molar-refractivity contribution in [2.24, 2.45) is 5.92 Å². The Morgan fingerprint density at radius 3 is 2.36 bits per heavy atom. The van der Waals surface area contributed by atoms with Crippen molar-refractivity contribution in [2.75, 3.05) is 24.7 Å². The van der Waals surface area contributed by atoms with Crippen molar-refractivity contribution in [2.45, 2.75) is 59.2 Å². The summed E-state index contributed by atoms with van der Waals surface area (Å²) in [6.07, 6.45) is 0.169. The minimum atomic E-state index is -0.582. The van der Waals surface area contributed by atoms with E-state index in [0.717, 1.165) is 12.2 Å². The predicted octanol–water partition coefficient (Wildman–Crippen LogP) is 1.67. The summed E-state index contributed by atoms with van der Waals surface area (Å²) in [6, 6.07) is 0.141. The molecule has 1 unspecified atom stereocenters. The lowest BCUT2D eigenvalue weighted by molar-refractivity contribution is -0.124. The number of aliphatic hydroxyl groups is 1. The van der Waals surface area contributed by atoms with Gasteiger partial charge in [-0.3, -0.25) is 9.59 Å². The summed E-state index contributed by atoms with van der Waals surface area (Å²) < 4.78 is 5.08. The maximum absolute atomic E-state index is 12.1. The highest BCUT2D eigenvalue weighted by molar-refractivity contribution is 7.99. The molecule has 22 heavy (non-hydrogen) atoms. The number of ketones is 2. The molecule has 0 rings (SSSR count). The van der Waals surface area contributed by atoms with Crippen molar-refractivity contribution >= 4 is 23.3 Å². The first-order chi connectivity index (χ1) is 10.2. The molecule has 0 heterocycles. The summed E-state index contributed by atoms with van der Waals surface area (Å²) in [4.78, 5) is 22.9. The van der Waals surface area contributed by atoms with Crippen LogP contribution in [0.3, 0.4) is 0 Å². The van der Waals surface area contributed by atoms with Crippen molar-refractivity contribution in [3.8, 4) is 0 Å². The molecule has 0 aromatic carbocycles. The molecular formula is C16H31NO4S. The third-order valence-corrected chi connectivity index (χ3v) is 4.07.